The third-order valence-electron chi connectivity index (χ3n) is 6.00. The van der Waals surface area contributed by atoms with E-state index in [1.807, 2.05) is 24.3 Å². The predicted molar refractivity (Wildman–Crippen MR) is 140 cm³/mol. The second-order valence-corrected chi connectivity index (χ2v) is 8.47. The molecule has 0 unspecified atom stereocenters. The minimum absolute atomic E-state index is 0.0126. The minimum Gasteiger partial charge on any atom is -0.394 e. The number of hydrogen-bond acceptors (Lipinski definition) is 8. The van der Waals surface area contributed by atoms with Crippen LogP contribution in [0, 0.1) is 5.82 Å². The first-order valence-electron chi connectivity index (χ1n) is 11.7. The maximum absolute atomic E-state index is 15.0. The van der Waals surface area contributed by atoms with Crippen LogP contribution in [-0.4, -0.2) is 58.4 Å². The maximum Gasteiger partial charge on any atom is 0.247 e. The van der Waals surface area contributed by atoms with Gasteiger partial charge in [0, 0.05) is 47.9 Å². The number of aliphatic hydroxyl groups is 1. The van der Waals surface area contributed by atoms with E-state index in [0.29, 0.717) is 41.4 Å². The maximum atomic E-state index is 15.0. The molecule has 1 saturated heterocycles. The van der Waals surface area contributed by atoms with E-state index in [4.69, 9.17) is 4.74 Å². The Bertz CT molecular complexity index is 1450. The number of amides is 1. The summed E-state index contributed by atoms with van der Waals surface area (Å²) in [4.78, 5) is 27.1. The number of hydrogen-bond donors (Lipinski definition) is 3. The molecule has 0 aliphatic carbocycles. The van der Waals surface area contributed by atoms with Gasteiger partial charge in [0.15, 0.2) is 0 Å². The van der Waals surface area contributed by atoms with Crippen molar-refractivity contribution in [3.63, 3.8) is 0 Å². The monoisotopic (exact) mass is 500 g/mol. The Balaban J connectivity index is 1.42. The molecule has 10 heteroatoms. The van der Waals surface area contributed by atoms with Crippen molar-refractivity contribution in [3.8, 4) is 11.3 Å². The van der Waals surface area contributed by atoms with E-state index in [1.165, 1.54) is 12.3 Å². The van der Waals surface area contributed by atoms with E-state index in [1.54, 1.807) is 24.4 Å². The molecule has 4 aromatic rings. The van der Waals surface area contributed by atoms with Gasteiger partial charge in [0.25, 0.3) is 0 Å². The molecule has 1 amide bonds. The van der Waals surface area contributed by atoms with Crippen molar-refractivity contribution in [2.75, 3.05) is 41.8 Å². The van der Waals surface area contributed by atoms with Crippen LogP contribution in [0.4, 0.5) is 27.4 Å². The Morgan fingerprint density at radius 3 is 2.81 bits per heavy atom. The number of morpholine rings is 1. The summed E-state index contributed by atoms with van der Waals surface area (Å²) in [6, 6.07) is 13.9. The summed E-state index contributed by atoms with van der Waals surface area (Å²) in [6.07, 6.45) is 4.07. The average Bonchev–Trinajstić information content (AvgIpc) is 2.93. The van der Waals surface area contributed by atoms with Gasteiger partial charge in [-0.05, 0) is 54.6 Å². The van der Waals surface area contributed by atoms with Crippen LogP contribution in [0.15, 0.2) is 73.6 Å². The van der Waals surface area contributed by atoms with Crippen molar-refractivity contribution in [2.24, 2.45) is 0 Å². The number of ether oxygens (including phenoxy) is 1. The van der Waals surface area contributed by atoms with Crippen LogP contribution in [-0.2, 0) is 9.53 Å². The fraction of sp³-hybridized carbons (Fsp3) is 0.185. The highest BCUT2D eigenvalue weighted by Crippen LogP contribution is 2.31. The fourth-order valence-corrected chi connectivity index (χ4v) is 4.16. The van der Waals surface area contributed by atoms with Crippen LogP contribution in [0.2, 0.25) is 0 Å². The summed E-state index contributed by atoms with van der Waals surface area (Å²) >= 11 is 0. The van der Waals surface area contributed by atoms with Gasteiger partial charge < -0.3 is 25.4 Å². The molecule has 9 nitrogen and oxygen atoms in total. The molecule has 1 fully saturated rings. The number of nitrogens with one attached hydrogen (secondary N) is 2. The number of nitrogens with zero attached hydrogens (tertiary/aromatic N) is 4. The number of pyridine rings is 1. The zero-order valence-corrected chi connectivity index (χ0v) is 19.9. The van der Waals surface area contributed by atoms with Crippen molar-refractivity contribution in [1.82, 2.24) is 15.0 Å². The zero-order valence-electron chi connectivity index (χ0n) is 19.9. The summed E-state index contributed by atoms with van der Waals surface area (Å²) in [5.41, 5.74) is 3.16. The first kappa shape index (κ1) is 24.3. The quantitative estimate of drug-likeness (QED) is 0.328. The lowest BCUT2D eigenvalue weighted by Gasteiger charge is -2.33. The number of aliphatic hydroxyl groups excluding tert-OH is 1. The van der Waals surface area contributed by atoms with Gasteiger partial charge in [0.05, 0.1) is 36.1 Å². The van der Waals surface area contributed by atoms with Crippen molar-refractivity contribution in [2.45, 2.75) is 6.10 Å². The largest absolute Gasteiger partial charge is 0.394 e. The summed E-state index contributed by atoms with van der Waals surface area (Å²) in [7, 11) is 0. The van der Waals surface area contributed by atoms with E-state index < -0.39 is 5.82 Å². The molecule has 0 bridgehead atoms. The Kier molecular flexibility index (Phi) is 7.02. The summed E-state index contributed by atoms with van der Waals surface area (Å²) in [5.74, 6) is -0.569. The van der Waals surface area contributed by atoms with Gasteiger partial charge in [-0.3, -0.25) is 9.78 Å². The highest BCUT2D eigenvalue weighted by Gasteiger charge is 2.20. The third-order valence-corrected chi connectivity index (χ3v) is 6.00. The van der Waals surface area contributed by atoms with Crippen LogP contribution >= 0.6 is 0 Å². The molecule has 0 saturated carbocycles. The Morgan fingerprint density at radius 1 is 1.19 bits per heavy atom. The number of anilines is 4. The average molecular weight is 501 g/mol. The molecule has 2 aromatic carbocycles. The zero-order chi connectivity index (χ0) is 25.8. The molecule has 188 valence electrons. The molecule has 5 rings (SSSR count). The Labute approximate surface area is 212 Å². The smallest absolute Gasteiger partial charge is 0.247 e. The Morgan fingerprint density at radius 2 is 2.03 bits per heavy atom. The van der Waals surface area contributed by atoms with Crippen molar-refractivity contribution in [1.29, 1.82) is 0 Å². The topological polar surface area (TPSA) is 112 Å². The van der Waals surface area contributed by atoms with E-state index in [-0.39, 0.29) is 24.2 Å². The minimum atomic E-state index is -0.493. The highest BCUT2D eigenvalue weighted by atomic mass is 19.1. The lowest BCUT2D eigenvalue weighted by molar-refractivity contribution is -0.111. The van der Waals surface area contributed by atoms with Gasteiger partial charge in [0.1, 0.15) is 5.82 Å². The molecule has 37 heavy (non-hydrogen) atoms. The standard InChI is InChI=1S/C27H25FN6O3/c1-2-24(36)31-19-9-10-29-23(13-19)25-22(28)8-3-17-14-30-27(33-26(17)25)32-18-4-6-20(7-5-18)34-11-12-37-21(15-34)16-35/h2-10,13-14,21,35H,1,11-12,15-16H2,(H,29,31,36)(H,30,32,33)/t21-/m0/s1. The van der Waals surface area contributed by atoms with Crippen LogP contribution in [0.25, 0.3) is 22.2 Å². The van der Waals surface area contributed by atoms with E-state index in [0.717, 1.165) is 24.0 Å². The van der Waals surface area contributed by atoms with Gasteiger partial charge in [0.2, 0.25) is 11.9 Å². The van der Waals surface area contributed by atoms with E-state index in [2.05, 4.69) is 37.1 Å². The van der Waals surface area contributed by atoms with Gasteiger partial charge in [-0.25, -0.2) is 14.4 Å². The van der Waals surface area contributed by atoms with E-state index >= 15 is 4.39 Å². The predicted octanol–water partition coefficient (Wildman–Crippen LogP) is 3.90. The van der Waals surface area contributed by atoms with Crippen LogP contribution in [0.5, 0.6) is 0 Å². The van der Waals surface area contributed by atoms with Gasteiger partial charge in [-0.15, -0.1) is 0 Å². The molecule has 1 aliphatic heterocycles. The molecule has 0 radical (unpaired) electrons. The normalized spacial score (nSPS) is 15.4. The third kappa shape index (κ3) is 5.40. The molecular weight excluding hydrogens is 475 g/mol. The number of halogens is 1. The lowest BCUT2D eigenvalue weighted by Crippen LogP contribution is -2.44. The van der Waals surface area contributed by atoms with Crippen LogP contribution in [0.1, 0.15) is 0 Å². The summed E-state index contributed by atoms with van der Waals surface area (Å²) < 4.78 is 20.6. The SMILES string of the molecule is C=CC(=O)Nc1ccnc(-c2c(F)ccc3cnc(Nc4ccc(N5CCO[C@H](CO)C5)cc4)nc23)c1. The van der Waals surface area contributed by atoms with Gasteiger partial charge in [-0.2, -0.15) is 0 Å². The fourth-order valence-electron chi connectivity index (χ4n) is 4.16. The first-order valence-corrected chi connectivity index (χ1v) is 11.7. The first-order chi connectivity index (χ1) is 18.0. The molecule has 3 N–H and O–H groups in total. The lowest BCUT2D eigenvalue weighted by atomic mass is 10.1. The van der Waals surface area contributed by atoms with Crippen molar-refractivity contribution < 1.29 is 19.0 Å². The number of carbonyl (C=O) groups excluding carboxylic acids is 1. The molecular formula is C27H25FN6O3. The number of rotatable bonds is 7. The highest BCUT2D eigenvalue weighted by molar-refractivity contribution is 6.00. The Hall–Kier alpha value is -4.41. The summed E-state index contributed by atoms with van der Waals surface area (Å²) in [6.45, 7) is 5.36. The second-order valence-electron chi connectivity index (χ2n) is 8.47. The number of fused-ring (bicyclic) bond motifs is 1. The van der Waals surface area contributed by atoms with E-state index in [9.17, 15) is 9.90 Å². The van der Waals surface area contributed by atoms with Gasteiger partial charge in [-0.1, -0.05) is 6.58 Å². The number of benzene rings is 2. The van der Waals surface area contributed by atoms with Gasteiger partial charge >= 0.3 is 0 Å². The van der Waals surface area contributed by atoms with Crippen molar-refractivity contribution in [3.05, 3.63) is 79.4 Å². The van der Waals surface area contributed by atoms with Crippen LogP contribution in [0.3, 0.4) is 0 Å². The molecule has 0 spiro atoms. The van der Waals surface area contributed by atoms with Crippen LogP contribution < -0.4 is 15.5 Å². The number of aromatic nitrogens is 3. The number of carbonyl (C=O) groups is 1. The molecule has 1 atom stereocenters. The molecule has 1 aliphatic rings. The summed E-state index contributed by atoms with van der Waals surface area (Å²) in [5, 5.41) is 15.9. The molecule has 2 aromatic heterocycles. The second kappa shape index (κ2) is 10.7. The molecule has 3 heterocycles. The van der Waals surface area contributed by atoms with Crippen molar-refractivity contribution >= 4 is 39.8 Å².